The zero-order chi connectivity index (χ0) is 19.5. The first-order valence-corrected chi connectivity index (χ1v) is 8.81. The van der Waals surface area contributed by atoms with E-state index in [4.69, 9.17) is 11.6 Å². The van der Waals surface area contributed by atoms with Crippen molar-refractivity contribution in [2.24, 2.45) is 7.05 Å². The van der Waals surface area contributed by atoms with Gasteiger partial charge in [-0.05, 0) is 31.5 Å². The molecule has 0 radical (unpaired) electrons. The van der Waals surface area contributed by atoms with Gasteiger partial charge in [-0.3, -0.25) is 22.9 Å². The van der Waals surface area contributed by atoms with Gasteiger partial charge in [0.1, 0.15) is 0 Å². The molecule has 0 saturated carbocycles. The van der Waals surface area contributed by atoms with Crippen LogP contribution in [0, 0.1) is 13.8 Å². The largest absolute Gasteiger partial charge is 0.332 e. The summed E-state index contributed by atoms with van der Waals surface area (Å²) in [4.78, 5) is 30.1. The van der Waals surface area contributed by atoms with Gasteiger partial charge in [-0.2, -0.15) is 4.98 Å². The minimum atomic E-state index is -0.421. The molecular formula is C19H18ClN5O2. The van der Waals surface area contributed by atoms with E-state index in [0.29, 0.717) is 22.0 Å². The number of rotatable bonds is 3. The van der Waals surface area contributed by atoms with Crippen LogP contribution in [0.4, 0.5) is 0 Å². The summed E-state index contributed by atoms with van der Waals surface area (Å²) in [5.74, 6) is 0.552. The van der Waals surface area contributed by atoms with E-state index in [-0.39, 0.29) is 12.1 Å². The third kappa shape index (κ3) is 2.31. The Labute approximate surface area is 159 Å². The van der Waals surface area contributed by atoms with Gasteiger partial charge < -0.3 is 0 Å². The van der Waals surface area contributed by atoms with Crippen molar-refractivity contribution in [1.82, 2.24) is 23.1 Å². The van der Waals surface area contributed by atoms with Gasteiger partial charge in [0.25, 0.3) is 5.56 Å². The number of halogens is 1. The van der Waals surface area contributed by atoms with Crippen LogP contribution >= 0.6 is 11.6 Å². The first-order chi connectivity index (χ1) is 12.9. The molecule has 0 N–H and O–H groups in total. The predicted molar refractivity (Wildman–Crippen MR) is 106 cm³/mol. The average Bonchev–Trinajstić information content (AvgIpc) is 3.14. The first kappa shape index (κ1) is 17.4. The SMILES string of the molecule is C=CCn1c(=O)c2c(nc3n(-c4cccc(Cl)c4C)c(C)cn23)n(C)c1=O. The molecule has 3 aromatic heterocycles. The summed E-state index contributed by atoms with van der Waals surface area (Å²) < 4.78 is 6.20. The maximum absolute atomic E-state index is 13.0. The predicted octanol–water partition coefficient (Wildman–Crippen LogP) is 2.59. The lowest BCUT2D eigenvalue weighted by molar-refractivity contribution is 0.667. The number of hydrogen-bond acceptors (Lipinski definition) is 3. The van der Waals surface area contributed by atoms with E-state index in [2.05, 4.69) is 11.6 Å². The van der Waals surface area contributed by atoms with Crippen molar-refractivity contribution in [2.45, 2.75) is 20.4 Å². The Morgan fingerprint density at radius 1 is 1.26 bits per heavy atom. The smallest absolute Gasteiger partial charge is 0.283 e. The van der Waals surface area contributed by atoms with Crippen LogP contribution in [0.1, 0.15) is 11.3 Å². The molecule has 0 unspecified atom stereocenters. The number of nitrogens with zero attached hydrogens (tertiary/aromatic N) is 5. The van der Waals surface area contributed by atoms with E-state index in [0.717, 1.165) is 21.5 Å². The summed E-state index contributed by atoms with van der Waals surface area (Å²) in [5.41, 5.74) is 2.57. The van der Waals surface area contributed by atoms with Gasteiger partial charge in [-0.25, -0.2) is 4.79 Å². The fraction of sp³-hybridized carbons (Fsp3) is 0.211. The van der Waals surface area contributed by atoms with E-state index in [1.54, 1.807) is 11.4 Å². The van der Waals surface area contributed by atoms with Crippen LogP contribution in [0.15, 0.2) is 46.6 Å². The van der Waals surface area contributed by atoms with Crippen LogP contribution in [-0.4, -0.2) is 23.1 Å². The molecule has 0 aliphatic carbocycles. The molecule has 7 nitrogen and oxygen atoms in total. The van der Waals surface area contributed by atoms with E-state index >= 15 is 0 Å². The van der Waals surface area contributed by atoms with Crippen LogP contribution in [0.3, 0.4) is 0 Å². The molecule has 1 aromatic carbocycles. The van der Waals surface area contributed by atoms with Crippen molar-refractivity contribution < 1.29 is 0 Å². The summed E-state index contributed by atoms with van der Waals surface area (Å²) in [5, 5.41) is 0.649. The number of allylic oxidation sites excluding steroid dienone is 1. The minimum Gasteiger partial charge on any atom is -0.283 e. The zero-order valence-electron chi connectivity index (χ0n) is 15.2. The Bertz CT molecular complexity index is 1350. The molecule has 8 heteroatoms. The quantitative estimate of drug-likeness (QED) is 0.511. The standard InChI is InChI=1S/C19H18ClN5O2/c1-5-9-23-17(26)15-16(22(4)19(23)27)21-18-24(15)10-11(2)25(18)14-8-6-7-13(20)12(14)3/h5-8,10H,1,9H2,2-4H3. The van der Waals surface area contributed by atoms with Gasteiger partial charge in [0.2, 0.25) is 5.78 Å². The number of fused-ring (bicyclic) bond motifs is 3. The molecule has 0 aliphatic heterocycles. The Kier molecular flexibility index (Phi) is 3.85. The molecular weight excluding hydrogens is 366 g/mol. The molecule has 0 saturated heterocycles. The summed E-state index contributed by atoms with van der Waals surface area (Å²) in [7, 11) is 1.61. The van der Waals surface area contributed by atoms with E-state index in [1.165, 1.54) is 10.6 Å². The Morgan fingerprint density at radius 2 is 2.00 bits per heavy atom. The van der Waals surface area contributed by atoms with E-state index in [9.17, 15) is 9.59 Å². The molecule has 0 fully saturated rings. The zero-order valence-corrected chi connectivity index (χ0v) is 16.0. The van der Waals surface area contributed by atoms with E-state index in [1.807, 2.05) is 42.8 Å². The topological polar surface area (TPSA) is 66.2 Å². The second-order valence-electron chi connectivity index (χ2n) is 6.49. The Morgan fingerprint density at radius 3 is 2.70 bits per heavy atom. The van der Waals surface area contributed by atoms with Gasteiger partial charge in [0, 0.05) is 30.5 Å². The maximum atomic E-state index is 13.0. The van der Waals surface area contributed by atoms with E-state index < -0.39 is 5.69 Å². The highest BCUT2D eigenvalue weighted by Crippen LogP contribution is 2.26. The lowest BCUT2D eigenvalue weighted by Gasteiger charge is -2.10. The first-order valence-electron chi connectivity index (χ1n) is 8.43. The molecule has 4 rings (SSSR count). The number of hydrogen-bond donors (Lipinski definition) is 0. The highest BCUT2D eigenvalue weighted by molar-refractivity contribution is 6.31. The fourth-order valence-electron chi connectivity index (χ4n) is 3.44. The molecule has 0 amide bonds. The second kappa shape index (κ2) is 5.99. The summed E-state index contributed by atoms with van der Waals surface area (Å²) in [6.45, 7) is 7.64. The van der Waals surface area contributed by atoms with Crippen LogP contribution in [0.2, 0.25) is 5.02 Å². The Hall–Kier alpha value is -3.06. The minimum absolute atomic E-state index is 0.141. The van der Waals surface area contributed by atoms with Gasteiger partial charge in [-0.1, -0.05) is 23.7 Å². The molecule has 0 spiro atoms. The summed E-state index contributed by atoms with van der Waals surface area (Å²) >= 11 is 6.29. The number of aromatic nitrogens is 5. The molecule has 27 heavy (non-hydrogen) atoms. The van der Waals surface area contributed by atoms with Crippen molar-refractivity contribution in [3.8, 4) is 5.69 Å². The molecule has 4 aromatic rings. The molecule has 0 aliphatic rings. The van der Waals surface area contributed by atoms with Gasteiger partial charge in [0.05, 0.1) is 5.69 Å². The van der Waals surface area contributed by atoms with Gasteiger partial charge in [0.15, 0.2) is 11.2 Å². The monoisotopic (exact) mass is 383 g/mol. The Balaban J connectivity index is 2.18. The van der Waals surface area contributed by atoms with Crippen LogP contribution in [0.25, 0.3) is 22.6 Å². The van der Waals surface area contributed by atoms with Gasteiger partial charge in [-0.15, -0.1) is 6.58 Å². The fourth-order valence-corrected chi connectivity index (χ4v) is 3.61. The number of imidazole rings is 2. The van der Waals surface area contributed by atoms with Crippen LogP contribution in [-0.2, 0) is 13.6 Å². The van der Waals surface area contributed by atoms with Crippen molar-refractivity contribution in [1.29, 1.82) is 0 Å². The molecule has 0 bridgehead atoms. The third-order valence-corrected chi connectivity index (χ3v) is 5.23. The molecule has 0 atom stereocenters. The van der Waals surface area contributed by atoms with Crippen molar-refractivity contribution in [3.05, 3.63) is 74.2 Å². The lowest BCUT2D eigenvalue weighted by Crippen LogP contribution is -2.39. The summed E-state index contributed by atoms with van der Waals surface area (Å²) in [6, 6.07) is 5.65. The van der Waals surface area contributed by atoms with Crippen molar-refractivity contribution >= 4 is 28.5 Å². The number of aryl methyl sites for hydroxylation is 2. The third-order valence-electron chi connectivity index (χ3n) is 4.82. The van der Waals surface area contributed by atoms with Crippen LogP contribution in [0.5, 0.6) is 0 Å². The molecule has 138 valence electrons. The highest BCUT2D eigenvalue weighted by Gasteiger charge is 2.21. The summed E-state index contributed by atoms with van der Waals surface area (Å²) in [6.07, 6.45) is 3.37. The normalized spacial score (nSPS) is 11.6. The van der Waals surface area contributed by atoms with Crippen molar-refractivity contribution in [2.75, 3.05) is 0 Å². The van der Waals surface area contributed by atoms with Gasteiger partial charge >= 0.3 is 5.69 Å². The molecule has 3 heterocycles. The van der Waals surface area contributed by atoms with Crippen molar-refractivity contribution in [3.63, 3.8) is 0 Å². The lowest BCUT2D eigenvalue weighted by atomic mass is 10.2. The number of benzene rings is 1. The maximum Gasteiger partial charge on any atom is 0.332 e. The second-order valence-corrected chi connectivity index (χ2v) is 6.90. The average molecular weight is 384 g/mol. The van der Waals surface area contributed by atoms with Crippen LogP contribution < -0.4 is 11.2 Å². The highest BCUT2D eigenvalue weighted by atomic mass is 35.5.